The lowest BCUT2D eigenvalue weighted by atomic mass is 10.0. The lowest BCUT2D eigenvalue weighted by molar-refractivity contribution is 0.379. The van der Waals surface area contributed by atoms with Crippen LogP contribution in [-0.4, -0.2) is 28.7 Å². The molecule has 19 heavy (non-hydrogen) atoms. The zero-order valence-corrected chi connectivity index (χ0v) is 12.1. The summed E-state index contributed by atoms with van der Waals surface area (Å²) in [5.41, 5.74) is 5.58. The van der Waals surface area contributed by atoms with E-state index in [1.165, 1.54) is 6.42 Å². The maximum Gasteiger partial charge on any atom is 0.293 e. The Kier molecular flexibility index (Phi) is 3.94. The summed E-state index contributed by atoms with van der Waals surface area (Å²) in [6.45, 7) is 7.52. The monoisotopic (exact) mass is 264 g/mol. The average Bonchev–Trinajstić information content (AvgIpc) is 2.37. The van der Waals surface area contributed by atoms with Crippen LogP contribution in [0.3, 0.4) is 0 Å². The van der Waals surface area contributed by atoms with Crippen LogP contribution in [0, 0.1) is 0 Å². The second-order valence-electron chi connectivity index (χ2n) is 6.18. The van der Waals surface area contributed by atoms with E-state index >= 15 is 0 Å². The summed E-state index contributed by atoms with van der Waals surface area (Å²) in [4.78, 5) is 19.0. The van der Waals surface area contributed by atoms with Crippen molar-refractivity contribution >= 4 is 5.82 Å². The highest BCUT2D eigenvalue weighted by molar-refractivity contribution is 5.38. The van der Waals surface area contributed by atoms with Gasteiger partial charge in [-0.05, 0) is 40.0 Å². The normalized spacial score (nSPS) is 20.6. The van der Waals surface area contributed by atoms with E-state index in [4.69, 9.17) is 5.73 Å². The number of anilines is 1. The van der Waals surface area contributed by atoms with E-state index < -0.39 is 0 Å². The Labute approximate surface area is 114 Å². The molecule has 5 heteroatoms. The first-order valence-electron chi connectivity index (χ1n) is 7.00. The van der Waals surface area contributed by atoms with Crippen LogP contribution in [0.15, 0.2) is 17.2 Å². The number of piperidine rings is 1. The topological polar surface area (TPSA) is 64.2 Å². The van der Waals surface area contributed by atoms with Crippen LogP contribution in [0.2, 0.25) is 0 Å². The van der Waals surface area contributed by atoms with Crippen molar-refractivity contribution in [1.82, 2.24) is 9.55 Å². The van der Waals surface area contributed by atoms with E-state index in [0.717, 1.165) is 19.4 Å². The summed E-state index contributed by atoms with van der Waals surface area (Å²) in [7, 11) is 0. The van der Waals surface area contributed by atoms with Gasteiger partial charge in [0.15, 0.2) is 5.82 Å². The lowest BCUT2D eigenvalue weighted by Gasteiger charge is -2.36. The molecular weight excluding hydrogens is 240 g/mol. The first-order chi connectivity index (χ1) is 8.95. The van der Waals surface area contributed by atoms with Gasteiger partial charge < -0.3 is 15.2 Å². The second kappa shape index (κ2) is 5.33. The Morgan fingerprint density at radius 2 is 2.16 bits per heavy atom. The van der Waals surface area contributed by atoms with Crippen molar-refractivity contribution in [3.63, 3.8) is 0 Å². The Bertz CT molecular complexity index is 489. The molecule has 1 atom stereocenters. The van der Waals surface area contributed by atoms with Crippen molar-refractivity contribution in [3.8, 4) is 0 Å². The molecule has 5 nitrogen and oxygen atoms in total. The summed E-state index contributed by atoms with van der Waals surface area (Å²) >= 11 is 0. The van der Waals surface area contributed by atoms with E-state index in [1.807, 2.05) is 20.8 Å². The van der Waals surface area contributed by atoms with Crippen LogP contribution in [-0.2, 0) is 5.54 Å². The fraction of sp³-hybridized carbons (Fsp3) is 0.714. The third-order valence-electron chi connectivity index (χ3n) is 3.72. The quantitative estimate of drug-likeness (QED) is 0.875. The molecule has 2 rings (SSSR count). The molecule has 2 N–H and O–H groups in total. The van der Waals surface area contributed by atoms with Gasteiger partial charge in [0.25, 0.3) is 5.56 Å². The van der Waals surface area contributed by atoms with Crippen LogP contribution in [0.1, 0.15) is 40.0 Å². The third-order valence-corrected chi connectivity index (χ3v) is 3.72. The van der Waals surface area contributed by atoms with Gasteiger partial charge in [-0.3, -0.25) is 4.79 Å². The molecule has 106 valence electrons. The van der Waals surface area contributed by atoms with Crippen molar-refractivity contribution in [2.45, 2.75) is 51.6 Å². The highest BCUT2D eigenvalue weighted by Gasteiger charge is 2.26. The summed E-state index contributed by atoms with van der Waals surface area (Å²) in [5.74, 6) is 0.549. The number of nitrogens with two attached hydrogens (primary N) is 1. The minimum Gasteiger partial charge on any atom is -0.348 e. The fourth-order valence-electron chi connectivity index (χ4n) is 2.65. The molecule has 0 spiro atoms. The van der Waals surface area contributed by atoms with Crippen LogP contribution in [0.25, 0.3) is 0 Å². The van der Waals surface area contributed by atoms with E-state index in [0.29, 0.717) is 12.4 Å². The van der Waals surface area contributed by atoms with Gasteiger partial charge in [0.2, 0.25) is 0 Å². The van der Waals surface area contributed by atoms with Crippen molar-refractivity contribution in [3.05, 3.63) is 22.7 Å². The molecule has 0 bridgehead atoms. The number of rotatable bonds is 2. The zero-order valence-electron chi connectivity index (χ0n) is 12.1. The van der Waals surface area contributed by atoms with Gasteiger partial charge >= 0.3 is 0 Å². The molecule has 1 aliphatic rings. The smallest absolute Gasteiger partial charge is 0.293 e. The summed E-state index contributed by atoms with van der Waals surface area (Å²) in [6.07, 6.45) is 6.79. The number of nitrogens with zero attached hydrogens (tertiary/aromatic N) is 3. The molecule has 0 amide bonds. The standard InChI is InChI=1S/C14H24N4O/c1-14(2,3)18-9-7-16-12(13(18)19)17-8-5-4-6-11(17)10-15/h7,9,11H,4-6,8,10,15H2,1-3H3. The molecular formula is C14H24N4O. The van der Waals surface area contributed by atoms with Gasteiger partial charge in [-0.2, -0.15) is 0 Å². The van der Waals surface area contributed by atoms with Gasteiger partial charge in [-0.25, -0.2) is 4.98 Å². The SMILES string of the molecule is CC(C)(C)n1ccnc(N2CCCCC2CN)c1=O. The first kappa shape index (κ1) is 14.1. The maximum absolute atomic E-state index is 12.6. The molecule has 1 aromatic rings. The van der Waals surface area contributed by atoms with Gasteiger partial charge in [-0.1, -0.05) is 0 Å². The summed E-state index contributed by atoms with van der Waals surface area (Å²) in [6, 6.07) is 0.241. The van der Waals surface area contributed by atoms with E-state index in [-0.39, 0.29) is 17.1 Å². The van der Waals surface area contributed by atoms with Gasteiger partial charge in [0, 0.05) is 37.1 Å². The highest BCUT2D eigenvalue weighted by Crippen LogP contribution is 2.20. The molecule has 2 heterocycles. The molecule has 1 unspecified atom stereocenters. The molecule has 1 aliphatic heterocycles. The van der Waals surface area contributed by atoms with Crippen LogP contribution in [0.5, 0.6) is 0 Å². The molecule has 1 aromatic heterocycles. The van der Waals surface area contributed by atoms with Crippen LogP contribution < -0.4 is 16.2 Å². The minimum absolute atomic E-state index is 0.0182. The van der Waals surface area contributed by atoms with Crippen molar-refractivity contribution < 1.29 is 0 Å². The number of hydrogen-bond acceptors (Lipinski definition) is 4. The van der Waals surface area contributed by atoms with Crippen molar-refractivity contribution in [2.24, 2.45) is 5.73 Å². The summed E-state index contributed by atoms with van der Waals surface area (Å²) in [5, 5.41) is 0. The van der Waals surface area contributed by atoms with Crippen LogP contribution >= 0.6 is 0 Å². The van der Waals surface area contributed by atoms with Crippen molar-refractivity contribution in [1.29, 1.82) is 0 Å². The molecule has 0 aromatic carbocycles. The third kappa shape index (κ3) is 2.81. The van der Waals surface area contributed by atoms with Crippen LogP contribution in [0.4, 0.5) is 5.82 Å². The molecule has 0 radical (unpaired) electrons. The van der Waals surface area contributed by atoms with E-state index in [1.54, 1.807) is 17.0 Å². The van der Waals surface area contributed by atoms with Gasteiger partial charge in [0.1, 0.15) is 0 Å². The van der Waals surface area contributed by atoms with E-state index in [9.17, 15) is 4.79 Å². The Morgan fingerprint density at radius 3 is 2.79 bits per heavy atom. The zero-order chi connectivity index (χ0) is 14.0. The maximum atomic E-state index is 12.6. The Hall–Kier alpha value is -1.36. The number of aromatic nitrogens is 2. The fourth-order valence-corrected chi connectivity index (χ4v) is 2.65. The predicted octanol–water partition coefficient (Wildman–Crippen LogP) is 1.32. The molecule has 1 fully saturated rings. The lowest BCUT2D eigenvalue weighted by Crippen LogP contribution is -2.48. The largest absolute Gasteiger partial charge is 0.348 e. The number of hydrogen-bond donors (Lipinski definition) is 1. The average molecular weight is 264 g/mol. The molecule has 0 aliphatic carbocycles. The van der Waals surface area contributed by atoms with E-state index in [2.05, 4.69) is 9.88 Å². The molecule has 1 saturated heterocycles. The summed E-state index contributed by atoms with van der Waals surface area (Å²) < 4.78 is 1.75. The first-order valence-corrected chi connectivity index (χ1v) is 7.00. The predicted molar refractivity (Wildman–Crippen MR) is 77.5 cm³/mol. The minimum atomic E-state index is -0.233. The second-order valence-corrected chi connectivity index (χ2v) is 6.18. The van der Waals surface area contributed by atoms with Gasteiger partial charge in [0.05, 0.1) is 0 Å². The Morgan fingerprint density at radius 1 is 1.42 bits per heavy atom. The highest BCUT2D eigenvalue weighted by atomic mass is 16.1. The van der Waals surface area contributed by atoms with Gasteiger partial charge in [-0.15, -0.1) is 0 Å². The van der Waals surface area contributed by atoms with Crippen molar-refractivity contribution in [2.75, 3.05) is 18.0 Å². The Balaban J connectivity index is 2.42. The molecule has 0 saturated carbocycles.